The van der Waals surface area contributed by atoms with Crippen LogP contribution in [-0.4, -0.2) is 10.8 Å². The average molecular weight is 293 g/mol. The number of hydrogen-bond donors (Lipinski definition) is 1. The summed E-state index contributed by atoms with van der Waals surface area (Å²) in [5, 5.41) is 1.22. The van der Waals surface area contributed by atoms with Crippen molar-refractivity contribution in [1.29, 1.82) is 0 Å². The normalized spacial score (nSPS) is 32.8. The van der Waals surface area contributed by atoms with Gasteiger partial charge in [-0.1, -0.05) is 38.1 Å². The molecule has 1 saturated carbocycles. The van der Waals surface area contributed by atoms with Crippen molar-refractivity contribution in [3.8, 4) is 0 Å². The highest BCUT2D eigenvalue weighted by molar-refractivity contribution is 6.00. The first kappa shape index (κ1) is 13.8. The Labute approximate surface area is 131 Å². The molecule has 0 saturated heterocycles. The summed E-state index contributed by atoms with van der Waals surface area (Å²) in [6.45, 7) is 10.6. The number of benzene rings is 1. The van der Waals surface area contributed by atoms with E-state index in [9.17, 15) is 4.79 Å². The van der Waals surface area contributed by atoms with Crippen LogP contribution < -0.4 is 0 Å². The monoisotopic (exact) mass is 293 g/mol. The molecule has 0 radical (unpaired) electrons. The molecule has 2 nitrogen and oxygen atoms in total. The van der Waals surface area contributed by atoms with E-state index in [0.717, 1.165) is 18.4 Å². The van der Waals surface area contributed by atoms with E-state index in [4.69, 9.17) is 0 Å². The van der Waals surface area contributed by atoms with Crippen LogP contribution in [0.1, 0.15) is 50.8 Å². The molecule has 22 heavy (non-hydrogen) atoms. The number of H-pyrrole nitrogens is 1. The number of hydrogen-bond acceptors (Lipinski definition) is 1. The average Bonchev–Trinajstić information content (AvgIpc) is 2.98. The standard InChI is InChI=1S/C20H23NO/c1-5-20(4)11-10-13-16(18(20)22)15-12-8-6-7-9-14(12)21-17(15)19(13,2)3/h5-9,13,16,21H,1,10-11H2,2-4H3/t13-,16-,20+/m1/s1. The van der Waals surface area contributed by atoms with Crippen LogP contribution in [0.5, 0.6) is 0 Å². The Morgan fingerprint density at radius 2 is 2.00 bits per heavy atom. The van der Waals surface area contributed by atoms with Crippen LogP contribution in [0, 0.1) is 11.3 Å². The van der Waals surface area contributed by atoms with Gasteiger partial charge in [-0.15, -0.1) is 6.58 Å². The third kappa shape index (κ3) is 1.48. The van der Waals surface area contributed by atoms with E-state index in [1.807, 2.05) is 6.08 Å². The number of aromatic amines is 1. The molecule has 2 aliphatic carbocycles. The fourth-order valence-electron chi connectivity index (χ4n) is 4.78. The Bertz CT molecular complexity index is 797. The lowest BCUT2D eigenvalue weighted by atomic mass is 9.61. The first-order chi connectivity index (χ1) is 10.4. The van der Waals surface area contributed by atoms with Crippen molar-refractivity contribution >= 4 is 16.7 Å². The molecule has 4 rings (SSSR count). The zero-order valence-electron chi connectivity index (χ0n) is 13.6. The van der Waals surface area contributed by atoms with Gasteiger partial charge in [0.1, 0.15) is 5.78 Å². The molecule has 2 heteroatoms. The van der Waals surface area contributed by atoms with Crippen LogP contribution in [0.2, 0.25) is 0 Å². The van der Waals surface area contributed by atoms with Crippen molar-refractivity contribution in [2.75, 3.05) is 0 Å². The Kier molecular flexibility index (Phi) is 2.59. The summed E-state index contributed by atoms with van der Waals surface area (Å²) in [5.41, 5.74) is 3.32. The minimum Gasteiger partial charge on any atom is -0.358 e. The second-order valence-electron chi connectivity index (χ2n) is 7.79. The number of rotatable bonds is 1. The number of ketones is 1. The van der Waals surface area contributed by atoms with Crippen molar-refractivity contribution < 1.29 is 4.79 Å². The van der Waals surface area contributed by atoms with Crippen molar-refractivity contribution in [2.24, 2.45) is 11.3 Å². The van der Waals surface area contributed by atoms with Crippen molar-refractivity contribution in [2.45, 2.75) is 44.9 Å². The summed E-state index contributed by atoms with van der Waals surface area (Å²) in [7, 11) is 0. The smallest absolute Gasteiger partial charge is 0.150 e. The molecule has 0 amide bonds. The van der Waals surface area contributed by atoms with E-state index >= 15 is 0 Å². The predicted molar refractivity (Wildman–Crippen MR) is 90.1 cm³/mol. The molecular formula is C20H23NO. The second-order valence-corrected chi connectivity index (χ2v) is 7.79. The molecule has 1 heterocycles. The van der Waals surface area contributed by atoms with Gasteiger partial charge < -0.3 is 4.98 Å². The van der Waals surface area contributed by atoms with Crippen molar-refractivity contribution in [1.82, 2.24) is 4.98 Å². The first-order valence-corrected chi connectivity index (χ1v) is 8.19. The molecule has 1 fully saturated rings. The topological polar surface area (TPSA) is 32.9 Å². The Morgan fingerprint density at radius 3 is 2.73 bits per heavy atom. The van der Waals surface area contributed by atoms with E-state index in [0.29, 0.717) is 11.7 Å². The summed E-state index contributed by atoms with van der Waals surface area (Å²) in [6.07, 6.45) is 3.87. The lowest BCUT2D eigenvalue weighted by molar-refractivity contribution is -0.131. The van der Waals surface area contributed by atoms with Crippen LogP contribution in [0.4, 0.5) is 0 Å². The molecule has 2 aliphatic rings. The largest absolute Gasteiger partial charge is 0.358 e. The molecule has 3 atom stereocenters. The number of para-hydroxylation sites is 1. The van der Waals surface area contributed by atoms with Crippen LogP contribution in [0.15, 0.2) is 36.9 Å². The highest BCUT2D eigenvalue weighted by Gasteiger charge is 2.56. The second kappa shape index (κ2) is 4.13. The van der Waals surface area contributed by atoms with Crippen LogP contribution in [0.3, 0.4) is 0 Å². The van der Waals surface area contributed by atoms with Crippen molar-refractivity contribution in [3.05, 3.63) is 48.2 Å². The molecular weight excluding hydrogens is 270 g/mol. The molecule has 2 aromatic rings. The number of Topliss-reactive ketones (excluding diaryl/α,β-unsaturated/α-hetero) is 1. The molecule has 0 spiro atoms. The van der Waals surface area contributed by atoms with E-state index < -0.39 is 0 Å². The van der Waals surface area contributed by atoms with Gasteiger partial charge in [0.25, 0.3) is 0 Å². The summed E-state index contributed by atoms with van der Waals surface area (Å²) < 4.78 is 0. The van der Waals surface area contributed by atoms with Gasteiger partial charge in [-0.2, -0.15) is 0 Å². The number of allylic oxidation sites excluding steroid dienone is 1. The SMILES string of the molecule is C=C[C@@]1(C)CC[C@@H]2[C@@H](C1=O)c1c([nH]c3ccccc13)C2(C)C. The van der Waals surface area contributed by atoms with Gasteiger partial charge in [0.05, 0.1) is 0 Å². The summed E-state index contributed by atoms with van der Waals surface area (Å²) >= 11 is 0. The highest BCUT2D eigenvalue weighted by Crippen LogP contribution is 2.59. The maximum atomic E-state index is 13.3. The number of nitrogens with one attached hydrogen (secondary N) is 1. The number of fused-ring (bicyclic) bond motifs is 5. The summed E-state index contributed by atoms with van der Waals surface area (Å²) in [6, 6.07) is 8.38. The number of carbonyl (C=O) groups excluding carboxylic acids is 1. The lowest BCUT2D eigenvalue weighted by Gasteiger charge is -2.41. The van der Waals surface area contributed by atoms with Crippen LogP contribution >= 0.6 is 0 Å². The van der Waals surface area contributed by atoms with E-state index in [2.05, 4.69) is 56.6 Å². The minimum absolute atomic E-state index is 0.0119. The Hall–Kier alpha value is -1.83. The number of carbonyl (C=O) groups is 1. The van der Waals surface area contributed by atoms with Gasteiger partial charge in [-0.3, -0.25) is 4.79 Å². The molecule has 0 bridgehead atoms. The molecule has 1 aromatic heterocycles. The fraction of sp³-hybridized carbons (Fsp3) is 0.450. The maximum absolute atomic E-state index is 13.3. The molecule has 0 unspecified atom stereocenters. The van der Waals surface area contributed by atoms with Gasteiger partial charge >= 0.3 is 0 Å². The third-order valence-corrected chi connectivity index (χ3v) is 6.30. The number of aromatic nitrogens is 1. The van der Waals surface area contributed by atoms with Gasteiger partial charge in [-0.05, 0) is 37.3 Å². The zero-order valence-corrected chi connectivity index (χ0v) is 13.6. The van der Waals surface area contributed by atoms with E-state index in [1.165, 1.54) is 16.6 Å². The molecule has 0 aliphatic heterocycles. The van der Waals surface area contributed by atoms with E-state index in [1.54, 1.807) is 0 Å². The van der Waals surface area contributed by atoms with Gasteiger partial charge in [0.2, 0.25) is 0 Å². The minimum atomic E-state index is -0.378. The van der Waals surface area contributed by atoms with Crippen molar-refractivity contribution in [3.63, 3.8) is 0 Å². The molecule has 114 valence electrons. The summed E-state index contributed by atoms with van der Waals surface area (Å²) in [5.74, 6) is 0.770. The Balaban J connectivity index is 1.99. The molecule has 1 N–H and O–H groups in total. The first-order valence-electron chi connectivity index (χ1n) is 8.19. The quantitative estimate of drug-likeness (QED) is 0.759. The van der Waals surface area contributed by atoms with Gasteiger partial charge in [0, 0.05) is 33.3 Å². The van der Waals surface area contributed by atoms with E-state index in [-0.39, 0.29) is 16.7 Å². The summed E-state index contributed by atoms with van der Waals surface area (Å²) in [4.78, 5) is 16.9. The van der Waals surface area contributed by atoms with Crippen LogP contribution in [0.25, 0.3) is 10.9 Å². The van der Waals surface area contributed by atoms with Gasteiger partial charge in [0.15, 0.2) is 0 Å². The fourth-order valence-corrected chi connectivity index (χ4v) is 4.78. The molecule has 1 aromatic carbocycles. The van der Waals surface area contributed by atoms with Gasteiger partial charge in [-0.25, -0.2) is 0 Å². The zero-order chi connectivity index (χ0) is 15.7. The predicted octanol–water partition coefficient (Wildman–Crippen LogP) is 4.71. The Morgan fingerprint density at radius 1 is 1.27 bits per heavy atom. The third-order valence-electron chi connectivity index (χ3n) is 6.30. The van der Waals surface area contributed by atoms with Crippen LogP contribution in [-0.2, 0) is 10.2 Å². The lowest BCUT2D eigenvalue weighted by Crippen LogP contribution is -2.41. The highest BCUT2D eigenvalue weighted by atomic mass is 16.1. The maximum Gasteiger partial charge on any atom is 0.150 e.